The van der Waals surface area contributed by atoms with Crippen molar-refractivity contribution in [1.29, 1.82) is 0 Å². The number of rotatable bonds is 7. The zero-order valence-corrected chi connectivity index (χ0v) is 18.7. The number of nitrogens with one attached hydrogen (secondary N) is 2. The predicted octanol–water partition coefficient (Wildman–Crippen LogP) is 5.78. The molecule has 3 aromatic carbocycles. The van der Waals surface area contributed by atoms with Crippen molar-refractivity contribution in [3.63, 3.8) is 0 Å². The van der Waals surface area contributed by atoms with Gasteiger partial charge in [-0.1, -0.05) is 80.6 Å². The molecule has 0 bridgehead atoms. The van der Waals surface area contributed by atoms with Crippen LogP contribution in [0.2, 0.25) is 0 Å². The molecule has 1 atom stereocenters. The van der Waals surface area contributed by atoms with E-state index >= 15 is 0 Å². The summed E-state index contributed by atoms with van der Waals surface area (Å²) in [5.74, 6) is -1.11. The molecule has 33 heavy (non-hydrogen) atoms. The van der Waals surface area contributed by atoms with Crippen molar-refractivity contribution < 1.29 is 19.4 Å². The number of aliphatic carboxylic acids is 1. The summed E-state index contributed by atoms with van der Waals surface area (Å²) >= 11 is 0. The number of amides is 1. The van der Waals surface area contributed by atoms with Crippen LogP contribution in [0.25, 0.3) is 22.0 Å². The number of carboxylic acid groups (broad SMARTS) is 1. The van der Waals surface area contributed by atoms with Crippen LogP contribution in [0.15, 0.2) is 84.9 Å². The first kappa shape index (κ1) is 23.6. The molecule has 0 radical (unpaired) electrons. The van der Waals surface area contributed by atoms with Crippen LogP contribution in [-0.2, 0) is 22.6 Å². The molecule has 1 unspecified atom stereocenters. The quantitative estimate of drug-likeness (QED) is 0.337. The van der Waals surface area contributed by atoms with Gasteiger partial charge >= 0.3 is 12.1 Å². The van der Waals surface area contributed by atoms with Crippen molar-refractivity contribution in [3.05, 3.63) is 96.2 Å². The molecule has 0 fully saturated rings. The van der Waals surface area contributed by atoms with Crippen LogP contribution in [0.4, 0.5) is 4.79 Å². The number of carbonyl (C=O) groups is 2. The van der Waals surface area contributed by atoms with Crippen molar-refractivity contribution in [3.8, 4) is 11.1 Å². The summed E-state index contributed by atoms with van der Waals surface area (Å²) in [5.41, 5.74) is 4.71. The highest BCUT2D eigenvalue weighted by atomic mass is 16.5. The Bertz CT molecular complexity index is 1190. The molecular weight excluding hydrogens is 416 g/mol. The Morgan fingerprint density at radius 2 is 1.58 bits per heavy atom. The summed E-state index contributed by atoms with van der Waals surface area (Å²) in [5, 5.41) is 12.8. The fourth-order valence-corrected chi connectivity index (χ4v) is 3.46. The molecule has 0 aliphatic rings. The molecule has 4 aromatic rings. The summed E-state index contributed by atoms with van der Waals surface area (Å²) in [4.78, 5) is 26.9. The molecule has 6 nitrogen and oxygen atoms in total. The Morgan fingerprint density at radius 1 is 0.909 bits per heavy atom. The third kappa shape index (κ3) is 6.46. The Balaban J connectivity index is 0.00000149. The van der Waals surface area contributed by atoms with E-state index < -0.39 is 18.1 Å². The monoisotopic (exact) mass is 444 g/mol. The summed E-state index contributed by atoms with van der Waals surface area (Å²) < 4.78 is 5.25. The van der Waals surface area contributed by atoms with Gasteiger partial charge in [0.05, 0.1) is 5.69 Å². The van der Waals surface area contributed by atoms with Gasteiger partial charge in [-0.3, -0.25) is 0 Å². The summed E-state index contributed by atoms with van der Waals surface area (Å²) in [6.45, 7) is 4.01. The van der Waals surface area contributed by atoms with Gasteiger partial charge < -0.3 is 20.1 Å². The summed E-state index contributed by atoms with van der Waals surface area (Å²) in [7, 11) is 0. The molecule has 1 heterocycles. The number of fused-ring (bicyclic) bond motifs is 1. The highest BCUT2D eigenvalue weighted by Crippen LogP contribution is 2.25. The number of hydrogen-bond acceptors (Lipinski definition) is 3. The van der Waals surface area contributed by atoms with Crippen molar-refractivity contribution in [2.45, 2.75) is 32.9 Å². The SMILES string of the molecule is CC.O=C(NC(Cc1ccccc1)C(=O)O)OCc1cc2cc(-c3ccccc3)ccc2[nH]1. The highest BCUT2D eigenvalue weighted by Gasteiger charge is 2.21. The topological polar surface area (TPSA) is 91.4 Å². The fraction of sp³-hybridized carbons (Fsp3) is 0.185. The van der Waals surface area contributed by atoms with Crippen molar-refractivity contribution in [2.24, 2.45) is 0 Å². The maximum absolute atomic E-state index is 12.2. The molecule has 1 amide bonds. The van der Waals surface area contributed by atoms with Crippen LogP contribution in [0.1, 0.15) is 25.1 Å². The Morgan fingerprint density at radius 3 is 2.24 bits per heavy atom. The molecule has 0 saturated carbocycles. The molecule has 0 aliphatic heterocycles. The van der Waals surface area contributed by atoms with E-state index in [0.29, 0.717) is 0 Å². The lowest BCUT2D eigenvalue weighted by atomic mass is 10.0. The van der Waals surface area contributed by atoms with Gasteiger partial charge in [0.15, 0.2) is 0 Å². The van der Waals surface area contributed by atoms with Crippen molar-refractivity contribution in [1.82, 2.24) is 10.3 Å². The third-order valence-electron chi connectivity index (χ3n) is 5.02. The smallest absolute Gasteiger partial charge is 0.408 e. The van der Waals surface area contributed by atoms with Gasteiger partial charge in [-0.05, 0) is 34.9 Å². The molecule has 0 spiro atoms. The maximum Gasteiger partial charge on any atom is 0.408 e. The number of benzene rings is 3. The normalized spacial score (nSPS) is 11.2. The van der Waals surface area contributed by atoms with Crippen LogP contribution < -0.4 is 5.32 Å². The van der Waals surface area contributed by atoms with Crippen molar-refractivity contribution >= 4 is 23.0 Å². The number of carbonyl (C=O) groups excluding carboxylic acids is 1. The van der Waals surface area contributed by atoms with Crippen LogP contribution >= 0.6 is 0 Å². The number of aromatic nitrogens is 1. The van der Waals surface area contributed by atoms with Crippen LogP contribution in [0.3, 0.4) is 0 Å². The Labute approximate surface area is 193 Å². The van der Waals surface area contributed by atoms with Gasteiger partial charge in [0.25, 0.3) is 0 Å². The van der Waals surface area contributed by atoms with Gasteiger partial charge in [0, 0.05) is 17.3 Å². The largest absolute Gasteiger partial charge is 0.480 e. The average molecular weight is 445 g/mol. The first-order valence-electron chi connectivity index (χ1n) is 11.0. The number of hydrogen-bond donors (Lipinski definition) is 3. The molecule has 0 saturated heterocycles. The highest BCUT2D eigenvalue weighted by molar-refractivity contribution is 5.86. The van der Waals surface area contributed by atoms with E-state index in [2.05, 4.69) is 28.5 Å². The number of carboxylic acids is 1. The Hall–Kier alpha value is -4.06. The molecule has 1 aromatic heterocycles. The van der Waals surface area contributed by atoms with E-state index in [1.54, 1.807) is 0 Å². The lowest BCUT2D eigenvalue weighted by Crippen LogP contribution is -2.42. The second-order valence-corrected chi connectivity index (χ2v) is 7.26. The molecule has 0 aliphatic carbocycles. The van der Waals surface area contributed by atoms with Crippen LogP contribution in [-0.4, -0.2) is 28.2 Å². The first-order chi connectivity index (χ1) is 16.1. The number of aromatic amines is 1. The van der Waals surface area contributed by atoms with Gasteiger partial charge in [0.2, 0.25) is 0 Å². The predicted molar refractivity (Wildman–Crippen MR) is 130 cm³/mol. The summed E-state index contributed by atoms with van der Waals surface area (Å²) in [6.07, 6.45) is -0.591. The Kier molecular flexibility index (Phi) is 8.24. The van der Waals surface area contributed by atoms with E-state index in [-0.39, 0.29) is 13.0 Å². The standard InChI is InChI=1S/C25H22N2O4.C2H6/c28-24(29)23(13-17-7-3-1-4-8-17)27-25(30)31-16-21-15-20-14-19(11-12-22(20)26-21)18-9-5-2-6-10-18;1-2/h1-12,14-15,23,26H,13,16H2,(H,27,30)(H,28,29);1-2H3. The van der Waals surface area contributed by atoms with Crippen LogP contribution in [0.5, 0.6) is 0 Å². The van der Waals surface area contributed by atoms with Gasteiger partial charge in [-0.25, -0.2) is 9.59 Å². The molecule has 170 valence electrons. The first-order valence-corrected chi connectivity index (χ1v) is 11.0. The third-order valence-corrected chi connectivity index (χ3v) is 5.02. The van der Waals surface area contributed by atoms with Crippen molar-refractivity contribution in [2.75, 3.05) is 0 Å². The number of alkyl carbamates (subject to hydrolysis) is 1. The van der Waals surface area contributed by atoms with E-state index in [0.717, 1.165) is 33.3 Å². The van der Waals surface area contributed by atoms with Gasteiger partial charge in [0.1, 0.15) is 12.6 Å². The van der Waals surface area contributed by atoms with Crippen LogP contribution in [0, 0.1) is 0 Å². The number of ether oxygens (including phenoxy) is 1. The lowest BCUT2D eigenvalue weighted by molar-refractivity contribution is -0.139. The lowest BCUT2D eigenvalue weighted by Gasteiger charge is -2.14. The zero-order valence-electron chi connectivity index (χ0n) is 18.7. The minimum absolute atomic E-state index is 0.0128. The van der Waals surface area contributed by atoms with Gasteiger partial charge in [-0.15, -0.1) is 0 Å². The maximum atomic E-state index is 12.2. The molecular formula is C27H28N2O4. The minimum atomic E-state index is -1.11. The van der Waals surface area contributed by atoms with E-state index in [4.69, 9.17) is 4.74 Å². The second-order valence-electron chi connectivity index (χ2n) is 7.26. The molecule has 6 heteroatoms. The molecule has 3 N–H and O–H groups in total. The molecule has 4 rings (SSSR count). The minimum Gasteiger partial charge on any atom is -0.480 e. The van der Waals surface area contributed by atoms with E-state index in [1.165, 1.54) is 0 Å². The van der Waals surface area contributed by atoms with E-state index in [9.17, 15) is 14.7 Å². The average Bonchev–Trinajstić information content (AvgIpc) is 3.27. The van der Waals surface area contributed by atoms with Gasteiger partial charge in [-0.2, -0.15) is 0 Å². The fourth-order valence-electron chi connectivity index (χ4n) is 3.46. The van der Waals surface area contributed by atoms with E-state index in [1.807, 2.05) is 80.6 Å². The zero-order chi connectivity index (χ0) is 23.6. The second kappa shape index (κ2) is 11.5. The summed E-state index contributed by atoms with van der Waals surface area (Å²) in [6, 6.07) is 26.2. The number of H-pyrrole nitrogens is 1.